The minimum absolute atomic E-state index is 0.260. The molecule has 1 aromatic heterocycles. The fourth-order valence-electron chi connectivity index (χ4n) is 3.13. The van der Waals surface area contributed by atoms with Crippen molar-refractivity contribution in [2.75, 3.05) is 6.54 Å². The van der Waals surface area contributed by atoms with Crippen LogP contribution >= 0.6 is 0 Å². The number of hydrogen-bond acceptors (Lipinski definition) is 3. The second kappa shape index (κ2) is 6.13. The number of aromatic amines is 1. The van der Waals surface area contributed by atoms with E-state index in [1.165, 1.54) is 12.3 Å². The summed E-state index contributed by atoms with van der Waals surface area (Å²) in [5.41, 5.74) is 0.230. The number of nitriles is 1. The summed E-state index contributed by atoms with van der Waals surface area (Å²) in [6.45, 7) is 6.98. The summed E-state index contributed by atoms with van der Waals surface area (Å²) >= 11 is 0. The Morgan fingerprint density at radius 2 is 2.14 bits per heavy atom. The molecule has 0 unspecified atom stereocenters. The third-order valence-electron chi connectivity index (χ3n) is 4.78. The number of amides is 1. The first-order chi connectivity index (χ1) is 10.2. The molecule has 0 bridgehead atoms. The average molecular weight is 303 g/mol. The topological polar surface area (TPSA) is 88.9 Å². The summed E-state index contributed by atoms with van der Waals surface area (Å²) < 4.78 is 0. The molecule has 5 nitrogen and oxygen atoms in total. The predicted molar refractivity (Wildman–Crippen MR) is 84.2 cm³/mol. The molecule has 0 spiro atoms. The number of nitrogens with zero attached hydrogens (tertiary/aromatic N) is 1. The first-order valence-corrected chi connectivity index (χ1v) is 7.83. The van der Waals surface area contributed by atoms with Crippen LogP contribution in [-0.4, -0.2) is 28.1 Å². The van der Waals surface area contributed by atoms with Crippen molar-refractivity contribution >= 4 is 5.91 Å². The van der Waals surface area contributed by atoms with Gasteiger partial charge in [0.15, 0.2) is 0 Å². The highest BCUT2D eigenvalue weighted by molar-refractivity contribution is 5.94. The maximum absolute atomic E-state index is 12.0. The molecule has 1 heterocycles. The van der Waals surface area contributed by atoms with Crippen LogP contribution in [0, 0.1) is 22.7 Å². The molecule has 2 rings (SSSR count). The van der Waals surface area contributed by atoms with Gasteiger partial charge in [0.1, 0.15) is 11.8 Å². The number of aliphatic hydroxyl groups is 1. The first-order valence-electron chi connectivity index (χ1n) is 7.83. The van der Waals surface area contributed by atoms with Gasteiger partial charge in [0.25, 0.3) is 5.91 Å². The Morgan fingerprint density at radius 1 is 1.50 bits per heavy atom. The fourth-order valence-corrected chi connectivity index (χ4v) is 3.13. The molecular formula is C17H25N3O2. The molecule has 1 amide bonds. The van der Waals surface area contributed by atoms with E-state index in [1.54, 1.807) is 0 Å². The summed E-state index contributed by atoms with van der Waals surface area (Å²) in [6, 6.07) is 3.46. The zero-order valence-electron chi connectivity index (χ0n) is 13.6. The minimum Gasteiger partial charge on any atom is -0.388 e. The molecule has 1 saturated carbocycles. The van der Waals surface area contributed by atoms with Crippen molar-refractivity contribution in [2.45, 2.75) is 52.1 Å². The largest absolute Gasteiger partial charge is 0.388 e. The Hall–Kier alpha value is -1.80. The molecule has 120 valence electrons. The first kappa shape index (κ1) is 16.6. The van der Waals surface area contributed by atoms with Crippen LogP contribution in [0.25, 0.3) is 0 Å². The van der Waals surface area contributed by atoms with E-state index in [0.29, 0.717) is 30.0 Å². The van der Waals surface area contributed by atoms with Crippen LogP contribution in [0.3, 0.4) is 0 Å². The number of carbonyl (C=O) groups excluding carboxylic acids is 1. The minimum atomic E-state index is -0.814. The smallest absolute Gasteiger partial charge is 0.252 e. The third-order valence-corrected chi connectivity index (χ3v) is 4.78. The lowest BCUT2D eigenvalue weighted by Crippen LogP contribution is -2.46. The Kier molecular flexibility index (Phi) is 4.62. The van der Waals surface area contributed by atoms with Gasteiger partial charge in [0.05, 0.1) is 11.2 Å². The monoisotopic (exact) mass is 303 g/mol. The number of carbonyl (C=O) groups is 1. The molecule has 0 saturated heterocycles. The van der Waals surface area contributed by atoms with Gasteiger partial charge in [-0.15, -0.1) is 0 Å². The Morgan fingerprint density at radius 3 is 2.64 bits per heavy atom. The lowest BCUT2D eigenvalue weighted by molar-refractivity contribution is -0.0228. The lowest BCUT2D eigenvalue weighted by atomic mass is 9.68. The zero-order chi connectivity index (χ0) is 16.4. The predicted octanol–water partition coefficient (Wildman–Crippen LogP) is 2.58. The van der Waals surface area contributed by atoms with Crippen molar-refractivity contribution < 1.29 is 9.90 Å². The van der Waals surface area contributed by atoms with Crippen LogP contribution in [0.2, 0.25) is 0 Å². The molecule has 22 heavy (non-hydrogen) atoms. The fraction of sp³-hybridized carbons (Fsp3) is 0.647. The van der Waals surface area contributed by atoms with Crippen molar-refractivity contribution in [3.8, 4) is 6.07 Å². The van der Waals surface area contributed by atoms with E-state index in [1.807, 2.05) is 6.07 Å². The van der Waals surface area contributed by atoms with E-state index >= 15 is 0 Å². The van der Waals surface area contributed by atoms with Crippen LogP contribution in [0.15, 0.2) is 12.3 Å². The van der Waals surface area contributed by atoms with E-state index in [-0.39, 0.29) is 17.9 Å². The summed E-state index contributed by atoms with van der Waals surface area (Å²) in [7, 11) is 0. The molecule has 1 aliphatic carbocycles. The summed E-state index contributed by atoms with van der Waals surface area (Å²) in [5, 5.41) is 22.2. The van der Waals surface area contributed by atoms with Crippen molar-refractivity contribution in [1.29, 1.82) is 5.26 Å². The number of nitrogens with one attached hydrogen (secondary N) is 2. The second-order valence-corrected chi connectivity index (χ2v) is 7.46. The highest BCUT2D eigenvalue weighted by atomic mass is 16.3. The molecular weight excluding hydrogens is 278 g/mol. The summed E-state index contributed by atoms with van der Waals surface area (Å²) in [4.78, 5) is 14.8. The van der Waals surface area contributed by atoms with Crippen molar-refractivity contribution in [2.24, 2.45) is 11.3 Å². The molecule has 5 heteroatoms. The molecule has 0 aliphatic heterocycles. The molecule has 0 aromatic carbocycles. The van der Waals surface area contributed by atoms with E-state index in [4.69, 9.17) is 5.26 Å². The number of hydrogen-bond donors (Lipinski definition) is 3. The standard InChI is InChI=1S/C17H25N3O2/c1-16(2,3)13-4-6-17(22,7-5-13)11-20-15(21)12-8-14(9-18)19-10-12/h8,10,13,19,22H,4-7,11H2,1-3H3,(H,20,21). The Balaban J connectivity index is 1.86. The van der Waals surface area contributed by atoms with Crippen molar-refractivity contribution in [3.05, 3.63) is 23.5 Å². The number of aromatic nitrogens is 1. The van der Waals surface area contributed by atoms with Crippen LogP contribution in [0.4, 0.5) is 0 Å². The molecule has 1 fully saturated rings. The van der Waals surface area contributed by atoms with Gasteiger partial charge in [0.2, 0.25) is 0 Å². The summed E-state index contributed by atoms with van der Waals surface area (Å²) in [5.74, 6) is 0.357. The number of H-pyrrole nitrogens is 1. The highest BCUT2D eigenvalue weighted by Gasteiger charge is 2.37. The molecule has 0 radical (unpaired) electrons. The SMILES string of the molecule is CC(C)(C)C1CCC(O)(CNC(=O)c2c[nH]c(C#N)c2)CC1. The normalized spacial score (nSPS) is 25.5. The van der Waals surface area contributed by atoms with E-state index < -0.39 is 5.60 Å². The quantitative estimate of drug-likeness (QED) is 0.801. The van der Waals surface area contributed by atoms with E-state index in [9.17, 15) is 9.90 Å². The van der Waals surface area contributed by atoms with Crippen molar-refractivity contribution in [1.82, 2.24) is 10.3 Å². The van der Waals surface area contributed by atoms with Crippen LogP contribution in [0.1, 0.15) is 62.5 Å². The van der Waals surface area contributed by atoms with Crippen LogP contribution in [-0.2, 0) is 0 Å². The van der Waals surface area contributed by atoms with Gasteiger partial charge >= 0.3 is 0 Å². The van der Waals surface area contributed by atoms with Crippen molar-refractivity contribution in [3.63, 3.8) is 0 Å². The van der Waals surface area contributed by atoms with Gasteiger partial charge in [-0.2, -0.15) is 5.26 Å². The van der Waals surface area contributed by atoms with Gasteiger partial charge in [0, 0.05) is 12.7 Å². The second-order valence-electron chi connectivity index (χ2n) is 7.46. The van der Waals surface area contributed by atoms with Crippen LogP contribution < -0.4 is 5.32 Å². The van der Waals surface area contributed by atoms with Gasteiger partial charge < -0.3 is 15.4 Å². The summed E-state index contributed by atoms with van der Waals surface area (Å²) in [6.07, 6.45) is 4.91. The number of rotatable bonds is 3. The zero-order valence-corrected chi connectivity index (χ0v) is 13.6. The Labute approximate surface area is 131 Å². The van der Waals surface area contributed by atoms with E-state index in [2.05, 4.69) is 31.1 Å². The molecule has 0 atom stereocenters. The lowest BCUT2D eigenvalue weighted by Gasteiger charge is -2.41. The third kappa shape index (κ3) is 3.89. The Bertz CT molecular complexity index is 569. The van der Waals surface area contributed by atoms with Gasteiger partial charge in [-0.25, -0.2) is 0 Å². The van der Waals surface area contributed by atoms with Gasteiger partial charge in [-0.1, -0.05) is 20.8 Å². The maximum atomic E-state index is 12.0. The molecule has 3 N–H and O–H groups in total. The van der Waals surface area contributed by atoms with Crippen LogP contribution in [0.5, 0.6) is 0 Å². The van der Waals surface area contributed by atoms with Gasteiger partial charge in [-0.05, 0) is 43.1 Å². The average Bonchev–Trinajstić information content (AvgIpc) is 2.93. The maximum Gasteiger partial charge on any atom is 0.252 e. The molecule has 1 aromatic rings. The van der Waals surface area contributed by atoms with Gasteiger partial charge in [-0.3, -0.25) is 4.79 Å². The highest BCUT2D eigenvalue weighted by Crippen LogP contribution is 2.41. The van der Waals surface area contributed by atoms with E-state index in [0.717, 1.165) is 12.8 Å². The molecule has 1 aliphatic rings.